The molecule has 1 fully saturated rings. The van der Waals surface area contributed by atoms with Crippen LogP contribution in [-0.2, 0) is 9.53 Å². The topological polar surface area (TPSA) is 65.9 Å². The first-order chi connectivity index (χ1) is 9.09. The molecule has 19 heavy (non-hydrogen) atoms. The van der Waals surface area contributed by atoms with Crippen LogP contribution in [0.15, 0.2) is 24.4 Å². The maximum absolute atomic E-state index is 12.0. The van der Waals surface area contributed by atoms with Gasteiger partial charge in [-0.2, -0.15) is 0 Å². The van der Waals surface area contributed by atoms with Crippen molar-refractivity contribution >= 4 is 29.1 Å². The van der Waals surface area contributed by atoms with E-state index in [1.165, 1.54) is 11.8 Å². The number of amides is 1. The molecule has 1 aromatic rings. The highest BCUT2D eigenvalue weighted by Gasteiger charge is 2.34. The van der Waals surface area contributed by atoms with Gasteiger partial charge in [0.25, 0.3) is 5.91 Å². The summed E-state index contributed by atoms with van der Waals surface area (Å²) in [7, 11) is 0. The molecule has 1 amide bonds. The van der Waals surface area contributed by atoms with Crippen molar-refractivity contribution in [2.45, 2.75) is 13.2 Å². The summed E-state index contributed by atoms with van der Waals surface area (Å²) in [5.41, 5.74) is 0. The number of aromatic nitrogens is 1. The summed E-state index contributed by atoms with van der Waals surface area (Å²) in [4.78, 5) is 19.2. The van der Waals surface area contributed by atoms with Crippen LogP contribution in [0.25, 0.3) is 0 Å². The first kappa shape index (κ1) is 13.9. The van der Waals surface area contributed by atoms with Crippen LogP contribution in [0, 0.1) is 0 Å². The van der Waals surface area contributed by atoms with Gasteiger partial charge in [0, 0.05) is 12.7 Å². The number of rotatable bonds is 5. The molecule has 2 heterocycles. The zero-order chi connectivity index (χ0) is 13.8. The highest BCUT2D eigenvalue weighted by atomic mass is 32.1. The highest BCUT2D eigenvalue weighted by molar-refractivity contribution is 7.80. The molecule has 2 rings (SSSR count). The fourth-order valence-electron chi connectivity index (χ4n) is 1.77. The molecule has 102 valence electrons. The Hall–Kier alpha value is -1.57. The van der Waals surface area contributed by atoms with Crippen molar-refractivity contribution in [1.29, 1.82) is 0 Å². The summed E-state index contributed by atoms with van der Waals surface area (Å²) in [6.07, 6.45) is 0.795. The molecular formula is C12H15N3O3S. The fraction of sp³-hybridized carbons (Fsp3) is 0.417. The maximum atomic E-state index is 12.0. The summed E-state index contributed by atoms with van der Waals surface area (Å²) in [5, 5.41) is 9.43. The summed E-state index contributed by atoms with van der Waals surface area (Å²) >= 11 is 5.27. The monoisotopic (exact) mass is 281 g/mol. The second-order valence-corrected chi connectivity index (χ2v) is 4.46. The largest absolute Gasteiger partial charge is 0.368 e. The number of pyridine rings is 1. The molecule has 0 spiro atoms. The minimum absolute atomic E-state index is 0.110. The number of anilines is 1. The van der Waals surface area contributed by atoms with Gasteiger partial charge in [0.05, 0.1) is 6.61 Å². The number of hydrogen-bond donors (Lipinski definition) is 1. The number of nitrogens with zero attached hydrogens (tertiary/aromatic N) is 3. The summed E-state index contributed by atoms with van der Waals surface area (Å²) < 4.78 is 5.04. The van der Waals surface area contributed by atoms with Gasteiger partial charge in [0.2, 0.25) is 0 Å². The van der Waals surface area contributed by atoms with Crippen LogP contribution < -0.4 is 4.90 Å². The summed E-state index contributed by atoms with van der Waals surface area (Å²) in [6, 6.07) is 5.32. The number of ether oxygens (including phenoxy) is 1. The van der Waals surface area contributed by atoms with Gasteiger partial charge >= 0.3 is 0 Å². The van der Waals surface area contributed by atoms with Crippen molar-refractivity contribution in [1.82, 2.24) is 9.88 Å². The molecule has 0 aliphatic carbocycles. The predicted octanol–water partition coefficient (Wildman–Crippen LogP) is 0.370. The zero-order valence-corrected chi connectivity index (χ0v) is 11.3. The Morgan fingerprint density at radius 3 is 3.00 bits per heavy atom. The number of thiocarbonyl (C=S) groups is 1. The van der Waals surface area contributed by atoms with Gasteiger partial charge in [-0.15, -0.1) is 0 Å². The number of aliphatic hydroxyl groups excluding tert-OH is 1. The molecule has 1 aromatic heterocycles. The average molecular weight is 281 g/mol. The second kappa shape index (κ2) is 6.05. The molecule has 1 saturated heterocycles. The van der Waals surface area contributed by atoms with E-state index in [0.717, 1.165) is 0 Å². The Kier molecular flexibility index (Phi) is 4.41. The third-order valence-corrected chi connectivity index (χ3v) is 3.08. The normalized spacial score (nSPS) is 17.2. The van der Waals surface area contributed by atoms with Crippen LogP contribution in [0.2, 0.25) is 0 Å². The van der Waals surface area contributed by atoms with E-state index in [4.69, 9.17) is 22.1 Å². The molecule has 0 saturated carbocycles. The smallest absolute Gasteiger partial charge is 0.254 e. The molecule has 1 unspecified atom stereocenters. The van der Waals surface area contributed by atoms with Gasteiger partial charge in [-0.25, -0.2) is 9.88 Å². The first-order valence-corrected chi connectivity index (χ1v) is 6.33. The van der Waals surface area contributed by atoms with Gasteiger partial charge in [-0.1, -0.05) is 6.07 Å². The van der Waals surface area contributed by atoms with Crippen molar-refractivity contribution in [3.63, 3.8) is 0 Å². The molecule has 0 bridgehead atoms. The van der Waals surface area contributed by atoms with E-state index in [9.17, 15) is 4.79 Å². The number of carbonyl (C=O) groups excluding carboxylic acids is 1. The Balaban J connectivity index is 2.01. The SMILES string of the molecule is CC(O)OCCN1CC(=O)N(c2ccccn2)C1=S. The molecule has 1 aliphatic heterocycles. The fourth-order valence-corrected chi connectivity index (χ4v) is 2.12. The standard InChI is InChI=1S/C12H15N3O3S/c1-9(16)18-7-6-14-8-11(17)15(12(14)19)10-4-2-3-5-13-10/h2-5,9,16H,6-8H2,1H3. The van der Waals surface area contributed by atoms with Gasteiger partial charge in [-0.05, 0) is 31.3 Å². The van der Waals surface area contributed by atoms with Crippen LogP contribution in [0.3, 0.4) is 0 Å². The van der Waals surface area contributed by atoms with Gasteiger partial charge in [0.15, 0.2) is 11.4 Å². The zero-order valence-electron chi connectivity index (χ0n) is 10.5. The van der Waals surface area contributed by atoms with Gasteiger partial charge in [-0.3, -0.25) is 4.79 Å². The lowest BCUT2D eigenvalue weighted by Crippen LogP contribution is -2.35. The third-order valence-electron chi connectivity index (χ3n) is 2.64. The summed E-state index contributed by atoms with van der Waals surface area (Å²) in [6.45, 7) is 2.51. The molecule has 1 N–H and O–H groups in total. The Morgan fingerprint density at radius 1 is 1.58 bits per heavy atom. The van der Waals surface area contributed by atoms with Crippen LogP contribution in [-0.4, -0.2) is 52.0 Å². The van der Waals surface area contributed by atoms with Gasteiger partial charge in [0.1, 0.15) is 12.4 Å². The van der Waals surface area contributed by atoms with Crippen LogP contribution in [0.1, 0.15) is 6.92 Å². The molecule has 0 radical (unpaired) electrons. The Morgan fingerprint density at radius 2 is 2.37 bits per heavy atom. The van der Waals surface area contributed by atoms with E-state index in [-0.39, 0.29) is 12.5 Å². The molecule has 0 aromatic carbocycles. The molecule has 1 atom stereocenters. The lowest BCUT2D eigenvalue weighted by atomic mass is 10.4. The maximum Gasteiger partial charge on any atom is 0.254 e. The van der Waals surface area contributed by atoms with Crippen molar-refractivity contribution in [2.24, 2.45) is 0 Å². The molecule has 7 heteroatoms. The predicted molar refractivity (Wildman–Crippen MR) is 73.5 cm³/mol. The Labute approximate surface area is 116 Å². The first-order valence-electron chi connectivity index (χ1n) is 5.92. The van der Waals surface area contributed by atoms with Crippen molar-refractivity contribution in [2.75, 3.05) is 24.6 Å². The lowest BCUT2D eigenvalue weighted by Gasteiger charge is -2.19. The van der Waals surface area contributed by atoms with E-state index in [1.54, 1.807) is 29.3 Å². The number of carbonyl (C=O) groups is 1. The lowest BCUT2D eigenvalue weighted by molar-refractivity contribution is -0.117. The molecular weight excluding hydrogens is 266 g/mol. The number of hydrogen-bond acceptors (Lipinski definition) is 5. The van der Waals surface area contributed by atoms with Crippen LogP contribution >= 0.6 is 12.2 Å². The summed E-state index contributed by atoms with van der Waals surface area (Å²) in [5.74, 6) is 0.414. The van der Waals surface area contributed by atoms with E-state index >= 15 is 0 Å². The minimum Gasteiger partial charge on any atom is -0.368 e. The minimum atomic E-state index is -0.821. The molecule has 1 aliphatic rings. The Bertz CT molecular complexity index is 467. The second-order valence-electron chi connectivity index (χ2n) is 4.09. The van der Waals surface area contributed by atoms with E-state index < -0.39 is 6.29 Å². The van der Waals surface area contributed by atoms with Crippen LogP contribution in [0.4, 0.5) is 5.82 Å². The van der Waals surface area contributed by atoms with Crippen molar-refractivity contribution < 1.29 is 14.6 Å². The highest BCUT2D eigenvalue weighted by Crippen LogP contribution is 2.18. The van der Waals surface area contributed by atoms with E-state index in [2.05, 4.69) is 4.98 Å². The van der Waals surface area contributed by atoms with E-state index in [0.29, 0.717) is 24.1 Å². The van der Waals surface area contributed by atoms with Crippen molar-refractivity contribution in [3.8, 4) is 0 Å². The van der Waals surface area contributed by atoms with E-state index in [1.807, 2.05) is 0 Å². The average Bonchev–Trinajstić information content (AvgIpc) is 2.65. The van der Waals surface area contributed by atoms with Crippen molar-refractivity contribution in [3.05, 3.63) is 24.4 Å². The third kappa shape index (κ3) is 3.25. The van der Waals surface area contributed by atoms with Gasteiger partial charge < -0.3 is 14.7 Å². The van der Waals surface area contributed by atoms with Crippen LogP contribution in [0.5, 0.6) is 0 Å². The molecule has 6 nitrogen and oxygen atoms in total. The number of aliphatic hydroxyl groups is 1. The quantitative estimate of drug-likeness (QED) is 0.621.